The van der Waals surface area contributed by atoms with E-state index in [-0.39, 0.29) is 0 Å². The number of hydrogen-bond acceptors (Lipinski definition) is 9. The highest BCUT2D eigenvalue weighted by atomic mass is 16.5. The lowest BCUT2D eigenvalue weighted by atomic mass is 10.1. The maximum atomic E-state index is 5.56. The van der Waals surface area contributed by atoms with Crippen molar-refractivity contribution >= 4 is 12.1 Å². The monoisotopic (exact) mass is 416 g/mol. The molecule has 0 bridgehead atoms. The molecule has 0 aliphatic carbocycles. The van der Waals surface area contributed by atoms with Gasteiger partial charge in [-0.2, -0.15) is 5.10 Å². The summed E-state index contributed by atoms with van der Waals surface area (Å²) in [6, 6.07) is 8.27. The summed E-state index contributed by atoms with van der Waals surface area (Å²) >= 11 is 0. The van der Waals surface area contributed by atoms with E-state index < -0.39 is 0 Å². The van der Waals surface area contributed by atoms with Crippen LogP contribution in [0.4, 0.5) is 5.95 Å². The highest BCUT2D eigenvalue weighted by Gasteiger charge is 2.13. The molecular weight excluding hydrogens is 392 g/mol. The van der Waals surface area contributed by atoms with Crippen LogP contribution in [-0.2, 0) is 0 Å². The van der Waals surface area contributed by atoms with Crippen molar-refractivity contribution in [2.45, 2.75) is 19.3 Å². The highest BCUT2D eigenvalue weighted by Crippen LogP contribution is 2.19. The Bertz CT molecular complexity index is 1130. The molecule has 158 valence electrons. The Morgan fingerprint density at radius 1 is 0.935 bits per heavy atom. The van der Waals surface area contributed by atoms with Crippen molar-refractivity contribution in [2.24, 2.45) is 5.10 Å². The van der Waals surface area contributed by atoms with E-state index in [1.54, 1.807) is 18.5 Å². The first kappa shape index (κ1) is 19.2. The Hall–Kier alpha value is -3.75. The van der Waals surface area contributed by atoms with Gasteiger partial charge in [-0.1, -0.05) is 6.07 Å². The highest BCUT2D eigenvalue weighted by molar-refractivity contribution is 5.62. The number of hydrogen-bond donors (Lipinski definition) is 1. The van der Waals surface area contributed by atoms with E-state index in [4.69, 9.17) is 4.74 Å². The molecule has 2 aliphatic heterocycles. The van der Waals surface area contributed by atoms with Gasteiger partial charge in [-0.15, -0.1) is 0 Å². The van der Waals surface area contributed by atoms with Gasteiger partial charge in [-0.05, 0) is 43.0 Å². The third-order valence-electron chi connectivity index (χ3n) is 5.34. The lowest BCUT2D eigenvalue weighted by molar-refractivity contribution is 0.212. The van der Waals surface area contributed by atoms with Crippen LogP contribution in [0.5, 0.6) is 6.01 Å². The van der Waals surface area contributed by atoms with Gasteiger partial charge in [0.2, 0.25) is 5.95 Å². The fraction of sp³-hybridized carbons (Fsp3) is 0.318. The Labute approximate surface area is 180 Å². The van der Waals surface area contributed by atoms with Crippen LogP contribution in [0.3, 0.4) is 0 Å². The van der Waals surface area contributed by atoms with E-state index in [1.165, 1.54) is 19.3 Å². The summed E-state index contributed by atoms with van der Waals surface area (Å²) in [5.74, 6) is 0.820. The Morgan fingerprint density at radius 3 is 2.55 bits per heavy atom. The van der Waals surface area contributed by atoms with Gasteiger partial charge < -0.3 is 9.64 Å². The van der Waals surface area contributed by atoms with Crippen molar-refractivity contribution in [1.82, 2.24) is 30.5 Å². The fourth-order valence-corrected chi connectivity index (χ4v) is 3.69. The summed E-state index contributed by atoms with van der Waals surface area (Å²) in [4.78, 5) is 19.6. The lowest BCUT2D eigenvalue weighted by Gasteiger charge is -2.26. The van der Waals surface area contributed by atoms with Crippen LogP contribution < -0.4 is 25.7 Å². The predicted octanol–water partition coefficient (Wildman–Crippen LogP) is 1.10. The molecule has 2 aliphatic rings. The van der Waals surface area contributed by atoms with Crippen molar-refractivity contribution in [3.05, 3.63) is 59.6 Å². The molecule has 0 saturated carbocycles. The summed E-state index contributed by atoms with van der Waals surface area (Å²) in [5.41, 5.74) is 5.07. The lowest BCUT2D eigenvalue weighted by Crippen LogP contribution is -2.44. The molecular formula is C22H24N8O. The number of ether oxygens (including phenoxy) is 1. The van der Waals surface area contributed by atoms with Gasteiger partial charge in [0, 0.05) is 54.9 Å². The summed E-state index contributed by atoms with van der Waals surface area (Å²) in [5, 5.41) is 8.22. The standard InChI is InChI=1S/C22H24N8O/c1-2-9-29(10-3-1)21-25-14-19(15-26-21)17-5-6-20-18(13-17)16-30(28-27-20)11-12-31-22-23-7-4-8-24-22/h4-8,13-16,28H,1-3,9-12H2. The summed E-state index contributed by atoms with van der Waals surface area (Å²) < 4.78 is 5.56. The number of nitrogens with zero attached hydrogens (tertiary/aromatic N) is 7. The van der Waals surface area contributed by atoms with E-state index in [1.807, 2.05) is 35.7 Å². The quantitative estimate of drug-likeness (QED) is 0.639. The molecule has 0 radical (unpaired) electrons. The number of fused-ring (bicyclic) bond motifs is 1. The number of benzene rings is 1. The molecule has 31 heavy (non-hydrogen) atoms. The maximum absolute atomic E-state index is 5.56. The van der Waals surface area contributed by atoms with Crippen molar-refractivity contribution < 1.29 is 4.74 Å². The first-order valence-corrected chi connectivity index (χ1v) is 10.5. The topological polar surface area (TPSA) is 91.7 Å². The van der Waals surface area contributed by atoms with E-state index >= 15 is 0 Å². The molecule has 9 heteroatoms. The Balaban J connectivity index is 1.28. The molecule has 3 aromatic rings. The number of anilines is 1. The molecule has 2 aromatic heterocycles. The number of piperidine rings is 1. The Morgan fingerprint density at radius 2 is 1.74 bits per heavy atom. The van der Waals surface area contributed by atoms with Gasteiger partial charge in [0.1, 0.15) is 6.61 Å². The van der Waals surface area contributed by atoms with Crippen LogP contribution in [0, 0.1) is 0 Å². The minimum atomic E-state index is 0.368. The van der Waals surface area contributed by atoms with Crippen LogP contribution in [0.1, 0.15) is 19.3 Å². The smallest absolute Gasteiger partial charge is 0.316 e. The first-order chi connectivity index (χ1) is 15.3. The summed E-state index contributed by atoms with van der Waals surface area (Å²) in [6.45, 7) is 3.11. The van der Waals surface area contributed by atoms with Crippen molar-refractivity contribution in [3.63, 3.8) is 0 Å². The molecule has 0 spiro atoms. The number of nitrogens with one attached hydrogen (secondary N) is 1. The number of hydrazine groups is 1. The van der Waals surface area contributed by atoms with Crippen LogP contribution in [-0.4, -0.2) is 51.2 Å². The van der Waals surface area contributed by atoms with Crippen molar-refractivity contribution in [1.29, 1.82) is 0 Å². The minimum absolute atomic E-state index is 0.368. The van der Waals surface area contributed by atoms with Crippen LogP contribution in [0.15, 0.2) is 54.2 Å². The molecule has 0 amide bonds. The third-order valence-corrected chi connectivity index (χ3v) is 5.34. The molecule has 4 heterocycles. The normalized spacial score (nSPS) is 15.4. The van der Waals surface area contributed by atoms with E-state index in [2.05, 4.69) is 41.5 Å². The molecule has 0 atom stereocenters. The van der Waals surface area contributed by atoms with Gasteiger partial charge in [-0.25, -0.2) is 25.5 Å². The number of aromatic nitrogens is 4. The zero-order valence-electron chi connectivity index (χ0n) is 17.2. The summed E-state index contributed by atoms with van der Waals surface area (Å²) in [6.07, 6.45) is 12.9. The SMILES string of the molecule is C1=c2cc(-c3cnc(N4CCCCC4)nc3)ccc2=NNN1CCOc1ncccn1. The Kier molecular flexibility index (Phi) is 5.55. The predicted molar refractivity (Wildman–Crippen MR) is 116 cm³/mol. The van der Waals surface area contributed by atoms with Crippen LogP contribution >= 0.6 is 0 Å². The fourth-order valence-electron chi connectivity index (χ4n) is 3.69. The second-order valence-corrected chi connectivity index (χ2v) is 7.51. The number of rotatable bonds is 6. The van der Waals surface area contributed by atoms with Gasteiger partial charge in [0.25, 0.3) is 0 Å². The molecule has 9 nitrogen and oxygen atoms in total. The average Bonchev–Trinajstić information content (AvgIpc) is 2.85. The minimum Gasteiger partial charge on any atom is -0.461 e. The molecule has 1 fully saturated rings. The first-order valence-electron chi connectivity index (χ1n) is 10.5. The zero-order chi connectivity index (χ0) is 20.9. The van der Waals surface area contributed by atoms with Gasteiger partial charge in [0.05, 0.1) is 11.9 Å². The summed E-state index contributed by atoms with van der Waals surface area (Å²) in [7, 11) is 0. The zero-order valence-corrected chi connectivity index (χ0v) is 17.2. The molecule has 0 unspecified atom stereocenters. The van der Waals surface area contributed by atoms with Gasteiger partial charge in [-0.3, -0.25) is 5.01 Å². The molecule has 1 aromatic carbocycles. The van der Waals surface area contributed by atoms with E-state index in [0.29, 0.717) is 19.2 Å². The molecule has 1 saturated heterocycles. The van der Waals surface area contributed by atoms with E-state index in [9.17, 15) is 0 Å². The van der Waals surface area contributed by atoms with Crippen LogP contribution in [0.25, 0.3) is 17.3 Å². The third kappa shape index (κ3) is 4.55. The van der Waals surface area contributed by atoms with Crippen LogP contribution in [0.2, 0.25) is 0 Å². The maximum Gasteiger partial charge on any atom is 0.316 e. The molecule has 1 N–H and O–H groups in total. The largest absolute Gasteiger partial charge is 0.461 e. The second-order valence-electron chi connectivity index (χ2n) is 7.51. The second kappa shape index (κ2) is 8.95. The molecule has 5 rings (SSSR count). The van der Waals surface area contributed by atoms with Gasteiger partial charge >= 0.3 is 6.01 Å². The van der Waals surface area contributed by atoms with Crippen molar-refractivity contribution in [2.75, 3.05) is 31.1 Å². The van der Waals surface area contributed by atoms with Gasteiger partial charge in [0.15, 0.2) is 0 Å². The van der Waals surface area contributed by atoms with Crippen molar-refractivity contribution in [3.8, 4) is 17.1 Å². The van der Waals surface area contributed by atoms with E-state index in [0.717, 1.165) is 40.7 Å². The average molecular weight is 416 g/mol.